The highest BCUT2D eigenvalue weighted by Gasteiger charge is 2.13. The molecule has 0 unspecified atom stereocenters. The van der Waals surface area contributed by atoms with Gasteiger partial charge in [0.15, 0.2) is 0 Å². The van der Waals surface area contributed by atoms with E-state index in [0.29, 0.717) is 5.52 Å². The Hall–Kier alpha value is -1.10. The Labute approximate surface area is 129 Å². The van der Waals surface area contributed by atoms with Crippen molar-refractivity contribution < 1.29 is 4.39 Å². The van der Waals surface area contributed by atoms with Crippen LogP contribution in [0.2, 0.25) is 5.02 Å². The van der Waals surface area contributed by atoms with Gasteiger partial charge in [0.1, 0.15) is 11.6 Å². The number of imidazole rings is 1. The van der Waals surface area contributed by atoms with Crippen molar-refractivity contribution in [2.45, 2.75) is 18.8 Å². The Morgan fingerprint density at radius 3 is 2.90 bits per heavy atom. The number of nitrogens with zero attached hydrogens (tertiary/aromatic N) is 2. The van der Waals surface area contributed by atoms with E-state index in [1.54, 1.807) is 17.4 Å². The molecule has 104 valence electrons. The van der Waals surface area contributed by atoms with Crippen LogP contribution < -0.4 is 0 Å². The lowest BCUT2D eigenvalue weighted by Gasteiger charge is -2.07. The molecule has 2 heterocycles. The number of hydrogen-bond acceptors (Lipinski definition) is 2. The van der Waals surface area contributed by atoms with Crippen LogP contribution in [0.4, 0.5) is 4.39 Å². The molecule has 3 rings (SSSR count). The molecule has 6 heteroatoms. The van der Waals surface area contributed by atoms with Crippen molar-refractivity contribution >= 4 is 45.6 Å². The quantitative estimate of drug-likeness (QED) is 0.624. The highest BCUT2D eigenvalue weighted by atomic mass is 35.5. The molecule has 0 aliphatic carbocycles. The lowest BCUT2D eigenvalue weighted by molar-refractivity contribution is 0.627. The summed E-state index contributed by atoms with van der Waals surface area (Å²) >= 11 is 13.4. The number of halogens is 3. The third-order valence-corrected chi connectivity index (χ3v) is 4.45. The van der Waals surface area contributed by atoms with Gasteiger partial charge in [0.05, 0.1) is 21.9 Å². The number of thiophene rings is 1. The number of hydrogen-bond donors (Lipinski definition) is 0. The summed E-state index contributed by atoms with van der Waals surface area (Å²) in [5.41, 5.74) is 2.67. The van der Waals surface area contributed by atoms with E-state index in [4.69, 9.17) is 23.2 Å². The third-order valence-electron chi connectivity index (χ3n) is 3.19. The second kappa shape index (κ2) is 5.72. The summed E-state index contributed by atoms with van der Waals surface area (Å²) in [6, 6.07) is 5.05. The molecular formula is C14H11Cl2FN2S. The Balaban J connectivity index is 2.01. The molecule has 0 aliphatic heterocycles. The first kappa shape index (κ1) is 13.9. The maximum atomic E-state index is 13.7. The minimum atomic E-state index is -0.433. The second-order valence-electron chi connectivity index (χ2n) is 4.45. The molecule has 0 aliphatic rings. The van der Waals surface area contributed by atoms with Crippen LogP contribution in [-0.2, 0) is 18.8 Å². The van der Waals surface area contributed by atoms with Crippen LogP contribution in [0.5, 0.6) is 0 Å². The Bertz CT molecular complexity index is 737. The van der Waals surface area contributed by atoms with Gasteiger partial charge in [0, 0.05) is 12.6 Å². The molecule has 0 N–H and O–H groups in total. The largest absolute Gasteiger partial charge is 0.327 e. The number of fused-ring (bicyclic) bond motifs is 1. The van der Waals surface area contributed by atoms with E-state index in [1.165, 1.54) is 11.6 Å². The van der Waals surface area contributed by atoms with Crippen molar-refractivity contribution in [1.82, 2.24) is 9.55 Å². The van der Waals surface area contributed by atoms with Crippen LogP contribution in [0, 0.1) is 5.82 Å². The fraction of sp³-hybridized carbons (Fsp3) is 0.214. The average molecular weight is 329 g/mol. The number of aromatic nitrogens is 2. The van der Waals surface area contributed by atoms with Gasteiger partial charge in [-0.05, 0) is 34.9 Å². The Morgan fingerprint density at radius 2 is 2.20 bits per heavy atom. The highest BCUT2D eigenvalue weighted by Crippen LogP contribution is 2.25. The molecule has 0 saturated carbocycles. The van der Waals surface area contributed by atoms with Gasteiger partial charge in [0.2, 0.25) is 0 Å². The third kappa shape index (κ3) is 2.55. The van der Waals surface area contributed by atoms with Crippen molar-refractivity contribution in [3.8, 4) is 0 Å². The van der Waals surface area contributed by atoms with E-state index in [0.717, 1.165) is 24.3 Å². The van der Waals surface area contributed by atoms with Gasteiger partial charge in [-0.3, -0.25) is 0 Å². The minimum absolute atomic E-state index is 0.0844. The van der Waals surface area contributed by atoms with E-state index in [1.807, 2.05) is 9.95 Å². The number of aryl methyl sites for hydroxylation is 2. The molecule has 0 amide bonds. The predicted octanol–water partition coefficient (Wildman–Crippen LogP) is 4.87. The molecule has 0 spiro atoms. The topological polar surface area (TPSA) is 17.8 Å². The maximum Gasteiger partial charge on any atom is 0.144 e. The summed E-state index contributed by atoms with van der Waals surface area (Å²) in [5.74, 6) is 0.591. The first-order valence-corrected chi connectivity index (χ1v) is 7.96. The first-order chi connectivity index (χ1) is 9.69. The minimum Gasteiger partial charge on any atom is -0.327 e. The lowest BCUT2D eigenvalue weighted by atomic mass is 10.2. The molecule has 2 nitrogen and oxygen atoms in total. The van der Waals surface area contributed by atoms with E-state index in [-0.39, 0.29) is 10.9 Å². The normalized spacial score (nSPS) is 11.3. The van der Waals surface area contributed by atoms with Crippen LogP contribution in [-0.4, -0.2) is 9.55 Å². The van der Waals surface area contributed by atoms with Gasteiger partial charge in [-0.1, -0.05) is 11.6 Å². The van der Waals surface area contributed by atoms with Crippen molar-refractivity contribution in [3.05, 3.63) is 51.2 Å². The van der Waals surface area contributed by atoms with Crippen LogP contribution in [0.3, 0.4) is 0 Å². The van der Waals surface area contributed by atoms with E-state index < -0.39 is 5.82 Å². The van der Waals surface area contributed by atoms with E-state index >= 15 is 0 Å². The Kier molecular flexibility index (Phi) is 3.96. The SMILES string of the molecule is Fc1cc2c(cc1Cl)nc(CCl)n2CCc1ccsc1. The van der Waals surface area contributed by atoms with E-state index in [2.05, 4.69) is 16.4 Å². The summed E-state index contributed by atoms with van der Waals surface area (Å²) in [6.45, 7) is 0.719. The Morgan fingerprint density at radius 1 is 1.35 bits per heavy atom. The van der Waals surface area contributed by atoms with Gasteiger partial charge in [0.25, 0.3) is 0 Å². The zero-order valence-electron chi connectivity index (χ0n) is 10.4. The van der Waals surface area contributed by atoms with Crippen LogP contribution in [0.1, 0.15) is 11.4 Å². The standard InChI is InChI=1S/C14H11Cl2FN2S/c15-7-14-18-12-5-10(16)11(17)6-13(12)19(14)3-1-9-2-4-20-8-9/h2,4-6,8H,1,3,7H2. The van der Waals surface area contributed by atoms with Crippen molar-refractivity contribution in [2.75, 3.05) is 0 Å². The molecule has 0 saturated heterocycles. The highest BCUT2D eigenvalue weighted by molar-refractivity contribution is 7.07. The molecule has 0 radical (unpaired) electrons. The average Bonchev–Trinajstić information content (AvgIpc) is 3.05. The number of rotatable bonds is 4. The molecule has 0 bridgehead atoms. The monoisotopic (exact) mass is 328 g/mol. The fourth-order valence-corrected chi connectivity index (χ4v) is 3.26. The molecule has 20 heavy (non-hydrogen) atoms. The fourth-order valence-electron chi connectivity index (χ4n) is 2.20. The molecule has 3 aromatic rings. The van der Waals surface area contributed by atoms with Crippen molar-refractivity contribution in [2.24, 2.45) is 0 Å². The zero-order valence-corrected chi connectivity index (χ0v) is 12.8. The summed E-state index contributed by atoms with van der Waals surface area (Å²) in [4.78, 5) is 4.42. The lowest BCUT2D eigenvalue weighted by Crippen LogP contribution is -2.04. The van der Waals surface area contributed by atoms with E-state index in [9.17, 15) is 4.39 Å². The number of alkyl halides is 1. The molecule has 1 aromatic carbocycles. The molecule has 0 atom stereocenters. The molecule has 2 aromatic heterocycles. The van der Waals surface area contributed by atoms with Crippen LogP contribution in [0.15, 0.2) is 29.0 Å². The smallest absolute Gasteiger partial charge is 0.144 e. The first-order valence-electron chi connectivity index (χ1n) is 6.10. The zero-order chi connectivity index (χ0) is 14.1. The maximum absolute atomic E-state index is 13.7. The van der Waals surface area contributed by atoms with Gasteiger partial charge in [-0.2, -0.15) is 11.3 Å². The van der Waals surface area contributed by atoms with Crippen LogP contribution in [0.25, 0.3) is 11.0 Å². The van der Waals surface area contributed by atoms with Gasteiger partial charge >= 0.3 is 0 Å². The molecule has 0 fully saturated rings. The van der Waals surface area contributed by atoms with Gasteiger partial charge in [-0.15, -0.1) is 11.6 Å². The second-order valence-corrected chi connectivity index (χ2v) is 5.90. The summed E-state index contributed by atoms with van der Waals surface area (Å²) in [5, 5.41) is 4.24. The van der Waals surface area contributed by atoms with Gasteiger partial charge in [-0.25, -0.2) is 9.37 Å². The molecular weight excluding hydrogens is 318 g/mol. The van der Waals surface area contributed by atoms with Crippen LogP contribution >= 0.6 is 34.5 Å². The summed E-state index contributed by atoms with van der Waals surface area (Å²) in [7, 11) is 0. The van der Waals surface area contributed by atoms with Crippen molar-refractivity contribution in [3.63, 3.8) is 0 Å². The number of benzene rings is 1. The summed E-state index contributed by atoms with van der Waals surface area (Å²) < 4.78 is 15.6. The predicted molar refractivity (Wildman–Crippen MR) is 82.3 cm³/mol. The van der Waals surface area contributed by atoms with Crippen molar-refractivity contribution in [1.29, 1.82) is 0 Å². The summed E-state index contributed by atoms with van der Waals surface area (Å²) in [6.07, 6.45) is 0.864. The van der Waals surface area contributed by atoms with Gasteiger partial charge < -0.3 is 4.57 Å².